The van der Waals surface area contributed by atoms with Gasteiger partial charge in [0.25, 0.3) is 0 Å². The fourth-order valence-electron chi connectivity index (χ4n) is 6.44. The quantitative estimate of drug-likeness (QED) is 0.209. The molecule has 8 aromatic rings. The Morgan fingerprint density at radius 1 is 0.514 bits per heavy atom. The van der Waals surface area contributed by atoms with E-state index >= 15 is 0 Å². The fourth-order valence-corrected chi connectivity index (χ4v) is 8.94. The van der Waals surface area contributed by atoms with Gasteiger partial charge in [0.1, 0.15) is 0 Å². The molecule has 0 radical (unpaired) electrons. The molecule has 174 valence electrons. The van der Waals surface area contributed by atoms with Gasteiger partial charge in [-0.25, -0.2) is 0 Å². The number of nitrogens with zero attached hydrogens (tertiary/aromatic N) is 1. The van der Waals surface area contributed by atoms with Crippen LogP contribution in [0.15, 0.2) is 91.0 Å². The lowest BCUT2D eigenvalue weighted by atomic mass is 10.0. The monoisotopic (exact) mass is 507 g/mol. The van der Waals surface area contributed by atoms with Crippen molar-refractivity contribution in [1.82, 2.24) is 4.57 Å². The zero-order valence-corrected chi connectivity index (χ0v) is 21.6. The van der Waals surface area contributed by atoms with Crippen molar-refractivity contribution in [3.05, 3.63) is 101 Å². The molecule has 3 heteroatoms. The molecule has 0 spiro atoms. The van der Waals surface area contributed by atoms with Gasteiger partial charge in [0.2, 0.25) is 0 Å². The number of rotatable bonds is 1. The normalized spacial score (nSPS) is 13.6. The maximum absolute atomic E-state index is 2.49. The highest BCUT2D eigenvalue weighted by molar-refractivity contribution is 7.26. The Morgan fingerprint density at radius 3 is 2.24 bits per heavy atom. The van der Waals surface area contributed by atoms with Crippen molar-refractivity contribution in [1.29, 1.82) is 0 Å². The van der Waals surface area contributed by atoms with Gasteiger partial charge in [0, 0.05) is 46.2 Å². The largest absolute Gasteiger partial charge is 0.308 e. The van der Waals surface area contributed by atoms with Crippen LogP contribution in [-0.4, -0.2) is 4.57 Å². The molecular formula is C34H21NS2. The maximum Gasteiger partial charge on any atom is 0.0640 e. The summed E-state index contributed by atoms with van der Waals surface area (Å²) in [6, 6.07) is 33.9. The molecule has 0 amide bonds. The molecular weight excluding hydrogens is 487 g/mol. The van der Waals surface area contributed by atoms with Crippen LogP contribution in [0.1, 0.15) is 12.8 Å². The van der Waals surface area contributed by atoms with E-state index in [9.17, 15) is 0 Å². The topological polar surface area (TPSA) is 4.93 Å². The summed E-state index contributed by atoms with van der Waals surface area (Å²) in [4.78, 5) is 0. The first-order valence-corrected chi connectivity index (χ1v) is 14.5. The Hall–Kier alpha value is -3.92. The Balaban J connectivity index is 1.46. The first kappa shape index (κ1) is 20.2. The van der Waals surface area contributed by atoms with E-state index in [0.29, 0.717) is 0 Å². The summed E-state index contributed by atoms with van der Waals surface area (Å²) in [7, 11) is 0. The molecule has 0 atom stereocenters. The minimum absolute atomic E-state index is 1.15. The predicted molar refractivity (Wildman–Crippen MR) is 164 cm³/mol. The van der Waals surface area contributed by atoms with Crippen molar-refractivity contribution in [2.45, 2.75) is 12.8 Å². The number of benzene rings is 5. The van der Waals surface area contributed by atoms with Crippen molar-refractivity contribution >= 4 is 97.7 Å². The van der Waals surface area contributed by atoms with Crippen LogP contribution in [0.3, 0.4) is 0 Å². The zero-order valence-electron chi connectivity index (χ0n) is 20.0. The van der Waals surface area contributed by atoms with Crippen LogP contribution in [-0.2, 0) is 0 Å². The Kier molecular flexibility index (Phi) is 3.99. The second-order valence-electron chi connectivity index (χ2n) is 9.97. The Morgan fingerprint density at radius 2 is 1.27 bits per heavy atom. The van der Waals surface area contributed by atoms with Crippen LogP contribution >= 0.6 is 22.7 Å². The SMILES string of the molecule is C1=c2sc3c(ccc4c3ccc3c4c4ccccc4n3-c3cccc4c3sc3ccccc34)c2=CCC1. The smallest absolute Gasteiger partial charge is 0.0640 e. The standard InChI is InChI=1S/C34H21NS2/c1-4-12-27-26(10-1)32-22-16-17-24-21-9-3-5-14-30(21)36-33(24)25(22)18-19-28(32)35(27)29-13-7-11-23-20-8-2-6-15-31(20)37-34(23)29/h1-2,4,6-19H,3,5H2. The number of hydrogen-bond acceptors (Lipinski definition) is 2. The van der Waals surface area contributed by atoms with Crippen molar-refractivity contribution in [3.63, 3.8) is 0 Å². The van der Waals surface area contributed by atoms with Gasteiger partial charge in [0.15, 0.2) is 0 Å². The summed E-state index contributed by atoms with van der Waals surface area (Å²) >= 11 is 3.86. The summed E-state index contributed by atoms with van der Waals surface area (Å²) < 4.78 is 8.04. The molecule has 0 fully saturated rings. The van der Waals surface area contributed by atoms with Crippen LogP contribution in [0, 0.1) is 0 Å². The number of aromatic nitrogens is 1. The lowest BCUT2D eigenvalue weighted by Crippen LogP contribution is -2.20. The maximum atomic E-state index is 2.49. The molecule has 0 aliphatic heterocycles. The fraction of sp³-hybridized carbons (Fsp3) is 0.0588. The van der Waals surface area contributed by atoms with E-state index in [-0.39, 0.29) is 0 Å². The van der Waals surface area contributed by atoms with Crippen molar-refractivity contribution in [3.8, 4) is 5.69 Å². The molecule has 5 aromatic carbocycles. The van der Waals surface area contributed by atoms with Gasteiger partial charge in [-0.3, -0.25) is 0 Å². The number of thiophene rings is 2. The number of fused-ring (bicyclic) bond motifs is 12. The summed E-state index contributed by atoms with van der Waals surface area (Å²) in [6.45, 7) is 0. The third-order valence-electron chi connectivity index (χ3n) is 8.02. The first-order chi connectivity index (χ1) is 18.4. The molecule has 0 saturated heterocycles. The second-order valence-corrected chi connectivity index (χ2v) is 12.1. The van der Waals surface area contributed by atoms with E-state index in [1.165, 1.54) is 78.3 Å². The highest BCUT2D eigenvalue weighted by atomic mass is 32.1. The molecule has 0 unspecified atom stereocenters. The molecule has 0 bridgehead atoms. The molecule has 0 N–H and O–H groups in total. The van der Waals surface area contributed by atoms with Gasteiger partial charge >= 0.3 is 0 Å². The summed E-state index contributed by atoms with van der Waals surface area (Å²) in [5.41, 5.74) is 3.81. The van der Waals surface area contributed by atoms with E-state index < -0.39 is 0 Å². The molecule has 37 heavy (non-hydrogen) atoms. The van der Waals surface area contributed by atoms with Gasteiger partial charge < -0.3 is 4.57 Å². The van der Waals surface area contributed by atoms with Crippen molar-refractivity contribution in [2.75, 3.05) is 0 Å². The predicted octanol–water partition coefficient (Wildman–Crippen LogP) is 8.87. The van der Waals surface area contributed by atoms with Crippen molar-refractivity contribution in [2.24, 2.45) is 0 Å². The zero-order chi connectivity index (χ0) is 24.1. The highest BCUT2D eigenvalue weighted by Crippen LogP contribution is 2.43. The number of para-hydroxylation sites is 1. The van der Waals surface area contributed by atoms with Crippen LogP contribution in [0.4, 0.5) is 0 Å². The lowest BCUT2D eigenvalue weighted by Gasteiger charge is -2.10. The lowest BCUT2D eigenvalue weighted by molar-refractivity contribution is 1.13. The Bertz CT molecular complexity index is 2360. The summed E-state index contributed by atoms with van der Waals surface area (Å²) in [5.74, 6) is 0. The van der Waals surface area contributed by atoms with E-state index in [2.05, 4.69) is 108 Å². The van der Waals surface area contributed by atoms with E-state index in [1.54, 1.807) is 0 Å². The molecule has 3 heterocycles. The summed E-state index contributed by atoms with van der Waals surface area (Å²) in [6.07, 6.45) is 7.14. The average Bonchev–Trinajstić information content (AvgIpc) is 3.62. The third kappa shape index (κ3) is 2.63. The van der Waals surface area contributed by atoms with Crippen LogP contribution < -0.4 is 9.75 Å². The van der Waals surface area contributed by atoms with Gasteiger partial charge in [-0.15, -0.1) is 22.7 Å². The van der Waals surface area contributed by atoms with E-state index in [0.717, 1.165) is 12.8 Å². The molecule has 9 rings (SSSR count). The van der Waals surface area contributed by atoms with Crippen LogP contribution in [0.25, 0.3) is 80.7 Å². The molecule has 0 saturated carbocycles. The highest BCUT2D eigenvalue weighted by Gasteiger charge is 2.19. The van der Waals surface area contributed by atoms with E-state index in [4.69, 9.17) is 0 Å². The third-order valence-corrected chi connectivity index (χ3v) is 10.5. The molecule has 1 aliphatic rings. The van der Waals surface area contributed by atoms with Crippen LogP contribution in [0.5, 0.6) is 0 Å². The van der Waals surface area contributed by atoms with Gasteiger partial charge in [0.05, 0.1) is 21.4 Å². The minimum Gasteiger partial charge on any atom is -0.308 e. The number of hydrogen-bond donors (Lipinski definition) is 0. The first-order valence-electron chi connectivity index (χ1n) is 12.9. The van der Waals surface area contributed by atoms with Gasteiger partial charge in [-0.2, -0.15) is 0 Å². The molecule has 1 aliphatic carbocycles. The van der Waals surface area contributed by atoms with Crippen molar-refractivity contribution < 1.29 is 0 Å². The van der Waals surface area contributed by atoms with E-state index in [1.807, 2.05) is 22.7 Å². The minimum atomic E-state index is 1.15. The van der Waals surface area contributed by atoms with Gasteiger partial charge in [-0.1, -0.05) is 78.9 Å². The van der Waals surface area contributed by atoms with Crippen LogP contribution in [0.2, 0.25) is 0 Å². The molecule has 3 aromatic heterocycles. The average molecular weight is 508 g/mol. The van der Waals surface area contributed by atoms with Gasteiger partial charge in [-0.05, 0) is 47.7 Å². The summed E-state index contributed by atoms with van der Waals surface area (Å²) in [5, 5.41) is 10.9. The second kappa shape index (κ2) is 7.32. The Labute approximate surface area is 220 Å². The molecule has 1 nitrogen and oxygen atoms in total.